The molecule has 0 N–H and O–H groups in total. The maximum atomic E-state index is 2.17. The summed E-state index contributed by atoms with van der Waals surface area (Å²) in [5.41, 5.74) is 0. The largest absolute Gasteiger partial charge is 0.244 e. The summed E-state index contributed by atoms with van der Waals surface area (Å²) in [6.07, 6.45) is 8.42. The number of rotatable bonds is 3. The molecular weight excluding hydrogens is 144 g/mol. The van der Waals surface area contributed by atoms with E-state index in [0.717, 1.165) is 12.4 Å². The molecule has 0 bridgehead atoms. The van der Waals surface area contributed by atoms with E-state index in [2.05, 4.69) is 41.0 Å². The average Bonchev–Trinajstić information content (AvgIpc) is 2.37. The van der Waals surface area contributed by atoms with Gasteiger partial charge in [0.1, 0.15) is 18.3 Å². The van der Waals surface area contributed by atoms with Crippen LogP contribution in [-0.4, -0.2) is 10.8 Å². The normalized spacial score (nSPS) is 10.2. The van der Waals surface area contributed by atoms with Gasteiger partial charge in [0.2, 0.25) is 6.33 Å². The van der Waals surface area contributed by atoms with Crippen molar-refractivity contribution in [3.8, 4) is 0 Å². The fourth-order valence-corrected chi connectivity index (χ4v) is 1.30. The van der Waals surface area contributed by atoms with Crippen molar-refractivity contribution in [1.29, 1.82) is 0 Å². The smallest absolute Gasteiger partial charge is 0.237 e. The van der Waals surface area contributed by atoms with Gasteiger partial charge in [0.15, 0.2) is 0 Å². The topological polar surface area (TPSA) is 8.81 Å². The van der Waals surface area contributed by atoms with Gasteiger partial charge in [-0.2, -0.15) is 0 Å². The first-order valence-electron chi connectivity index (χ1n) is 3.40. The summed E-state index contributed by atoms with van der Waals surface area (Å²) in [5, 5.41) is 0. The molecule has 0 aliphatic heterocycles. The molecule has 0 radical (unpaired) electrons. The molecule has 1 aromatic rings. The van der Waals surface area contributed by atoms with Crippen LogP contribution < -0.4 is 4.57 Å². The first-order chi connectivity index (χ1) is 4.86. The van der Waals surface area contributed by atoms with Gasteiger partial charge < -0.3 is 0 Å². The molecule has 0 aliphatic carbocycles. The van der Waals surface area contributed by atoms with Crippen LogP contribution >= 0.6 is 11.8 Å². The van der Waals surface area contributed by atoms with Gasteiger partial charge in [-0.15, -0.1) is 11.8 Å². The van der Waals surface area contributed by atoms with Crippen LogP contribution in [0.3, 0.4) is 0 Å². The maximum absolute atomic E-state index is 2.17. The van der Waals surface area contributed by atoms with Crippen LogP contribution in [-0.2, 0) is 12.4 Å². The lowest BCUT2D eigenvalue weighted by Crippen LogP contribution is -2.28. The predicted molar refractivity (Wildman–Crippen MR) is 43.8 cm³/mol. The first kappa shape index (κ1) is 7.66. The lowest BCUT2D eigenvalue weighted by atomic mass is 10.7. The van der Waals surface area contributed by atoms with Crippen molar-refractivity contribution in [3.63, 3.8) is 0 Å². The zero-order valence-electron chi connectivity index (χ0n) is 6.45. The van der Waals surface area contributed by atoms with Crippen LogP contribution in [0.2, 0.25) is 0 Å². The van der Waals surface area contributed by atoms with E-state index in [1.54, 1.807) is 0 Å². The zero-order valence-corrected chi connectivity index (χ0v) is 7.27. The molecule has 0 spiro atoms. The fourth-order valence-electron chi connectivity index (χ4n) is 0.851. The SMILES string of the molecule is CCn1cc[n+](CSC)c1. The van der Waals surface area contributed by atoms with Gasteiger partial charge in [-0.3, -0.25) is 0 Å². The molecule has 1 aromatic heterocycles. The van der Waals surface area contributed by atoms with Gasteiger partial charge in [0.25, 0.3) is 0 Å². The van der Waals surface area contributed by atoms with Crippen molar-refractivity contribution in [1.82, 2.24) is 4.57 Å². The summed E-state index contributed by atoms with van der Waals surface area (Å²) in [4.78, 5) is 0. The van der Waals surface area contributed by atoms with E-state index >= 15 is 0 Å². The molecule has 0 amide bonds. The van der Waals surface area contributed by atoms with E-state index in [9.17, 15) is 0 Å². The lowest BCUT2D eigenvalue weighted by Gasteiger charge is -1.88. The number of hydrogen-bond donors (Lipinski definition) is 0. The standard InChI is InChI=1S/C7H13N2S/c1-3-8-4-5-9(6-8)7-10-2/h4-6H,3,7H2,1-2H3/q+1. The van der Waals surface area contributed by atoms with Crippen molar-refractivity contribution >= 4 is 11.8 Å². The Morgan fingerprint density at radius 1 is 1.60 bits per heavy atom. The van der Waals surface area contributed by atoms with Crippen molar-refractivity contribution < 1.29 is 4.57 Å². The number of aromatic nitrogens is 2. The third kappa shape index (κ3) is 1.77. The Morgan fingerprint density at radius 2 is 2.40 bits per heavy atom. The van der Waals surface area contributed by atoms with Crippen molar-refractivity contribution in [3.05, 3.63) is 18.7 Å². The Kier molecular flexibility index (Phi) is 2.81. The quantitative estimate of drug-likeness (QED) is 0.597. The molecule has 0 aliphatic rings. The summed E-state index contributed by atoms with van der Waals surface area (Å²) in [6.45, 7) is 3.20. The first-order valence-corrected chi connectivity index (χ1v) is 4.80. The van der Waals surface area contributed by atoms with Gasteiger partial charge in [-0.25, -0.2) is 9.13 Å². The monoisotopic (exact) mass is 157 g/mol. The highest BCUT2D eigenvalue weighted by Gasteiger charge is 1.98. The minimum atomic E-state index is 1.05. The van der Waals surface area contributed by atoms with Crippen LogP contribution in [0.1, 0.15) is 6.92 Å². The molecule has 2 nitrogen and oxygen atoms in total. The number of nitrogens with zero attached hydrogens (tertiary/aromatic N) is 2. The van der Waals surface area contributed by atoms with Crippen molar-refractivity contribution in [2.45, 2.75) is 19.3 Å². The summed E-state index contributed by atoms with van der Waals surface area (Å²) in [7, 11) is 0. The lowest BCUT2D eigenvalue weighted by molar-refractivity contribution is -0.675. The maximum Gasteiger partial charge on any atom is 0.244 e. The Balaban J connectivity index is 2.59. The molecule has 10 heavy (non-hydrogen) atoms. The molecule has 0 atom stereocenters. The Hall–Kier alpha value is -0.440. The third-order valence-corrected chi connectivity index (χ3v) is 1.95. The van der Waals surface area contributed by atoms with Crippen molar-refractivity contribution in [2.24, 2.45) is 0 Å². The Labute approximate surface area is 65.9 Å². The summed E-state index contributed by atoms with van der Waals surface area (Å²) in [6, 6.07) is 0. The number of thioether (sulfide) groups is 1. The van der Waals surface area contributed by atoms with E-state index in [4.69, 9.17) is 0 Å². The summed E-state index contributed by atoms with van der Waals surface area (Å²) >= 11 is 1.83. The molecule has 0 saturated heterocycles. The van der Waals surface area contributed by atoms with E-state index in [0.29, 0.717) is 0 Å². The van der Waals surface area contributed by atoms with Gasteiger partial charge in [0.05, 0.1) is 6.54 Å². The summed E-state index contributed by atoms with van der Waals surface area (Å²) < 4.78 is 4.34. The van der Waals surface area contributed by atoms with Gasteiger partial charge in [0, 0.05) is 0 Å². The highest BCUT2D eigenvalue weighted by molar-refractivity contribution is 7.97. The van der Waals surface area contributed by atoms with Gasteiger partial charge in [-0.1, -0.05) is 0 Å². The molecule has 0 saturated carbocycles. The molecule has 3 heteroatoms. The number of imidazole rings is 1. The second-order valence-electron chi connectivity index (χ2n) is 2.18. The Morgan fingerprint density at radius 3 is 2.90 bits per heavy atom. The van der Waals surface area contributed by atoms with Gasteiger partial charge in [-0.05, 0) is 13.2 Å². The average molecular weight is 157 g/mol. The molecule has 0 unspecified atom stereocenters. The van der Waals surface area contributed by atoms with Crippen LogP contribution in [0, 0.1) is 0 Å². The van der Waals surface area contributed by atoms with Crippen molar-refractivity contribution in [2.75, 3.05) is 6.26 Å². The van der Waals surface area contributed by atoms with Crippen LogP contribution in [0.5, 0.6) is 0 Å². The number of aryl methyl sites for hydroxylation is 1. The van der Waals surface area contributed by atoms with Crippen LogP contribution in [0.25, 0.3) is 0 Å². The number of hydrogen-bond acceptors (Lipinski definition) is 1. The Bertz CT molecular complexity index is 195. The van der Waals surface area contributed by atoms with E-state index in [1.165, 1.54) is 0 Å². The second kappa shape index (κ2) is 3.66. The predicted octanol–water partition coefficient (Wildman–Crippen LogP) is 1.12. The van der Waals surface area contributed by atoms with Crippen LogP contribution in [0.4, 0.5) is 0 Å². The molecule has 1 rings (SSSR count). The molecule has 1 heterocycles. The minimum Gasteiger partial charge on any atom is -0.237 e. The molecule has 0 fully saturated rings. The molecule has 0 aromatic carbocycles. The second-order valence-corrected chi connectivity index (χ2v) is 3.01. The van der Waals surface area contributed by atoms with E-state index in [-0.39, 0.29) is 0 Å². The van der Waals surface area contributed by atoms with Crippen LogP contribution in [0.15, 0.2) is 18.7 Å². The minimum absolute atomic E-state index is 1.05. The highest BCUT2D eigenvalue weighted by Crippen LogP contribution is 1.90. The summed E-state index contributed by atoms with van der Waals surface area (Å²) in [5.74, 6) is 1.05. The highest BCUT2D eigenvalue weighted by atomic mass is 32.2. The van der Waals surface area contributed by atoms with Gasteiger partial charge >= 0.3 is 0 Å². The fraction of sp³-hybridized carbons (Fsp3) is 0.571. The molecular formula is C7H13N2S+. The molecule has 56 valence electrons. The van der Waals surface area contributed by atoms with E-state index in [1.807, 2.05) is 11.8 Å². The van der Waals surface area contributed by atoms with E-state index < -0.39 is 0 Å². The third-order valence-electron chi connectivity index (χ3n) is 1.39. The zero-order chi connectivity index (χ0) is 7.40.